The molecule has 1 saturated heterocycles. The van der Waals surface area contributed by atoms with Crippen LogP contribution in [0.25, 0.3) is 0 Å². The molecule has 3 heteroatoms. The summed E-state index contributed by atoms with van der Waals surface area (Å²) in [5, 5.41) is 0. The van der Waals surface area contributed by atoms with E-state index in [1.807, 2.05) is 0 Å². The van der Waals surface area contributed by atoms with Crippen LogP contribution in [0.1, 0.15) is 44.1 Å². The highest BCUT2D eigenvalue weighted by Gasteiger charge is 2.41. The van der Waals surface area contributed by atoms with Gasteiger partial charge in [0.25, 0.3) is 0 Å². The molecule has 1 unspecified atom stereocenters. The molecule has 1 aromatic rings. The molecule has 2 fully saturated rings. The Labute approximate surface area is 121 Å². The number of nitrogens with one attached hydrogen (secondary N) is 1. The molecule has 1 saturated carbocycles. The second-order valence-corrected chi connectivity index (χ2v) is 6.37. The van der Waals surface area contributed by atoms with Crippen LogP contribution in [0.3, 0.4) is 0 Å². The quantitative estimate of drug-likeness (QED) is 0.619. The average molecular weight is 274 g/mol. The topological polar surface area (TPSA) is 47.3 Å². The third-order valence-corrected chi connectivity index (χ3v) is 5.16. The highest BCUT2D eigenvalue weighted by atomic mass is 16.5. The molecule has 1 aliphatic carbocycles. The van der Waals surface area contributed by atoms with Crippen molar-refractivity contribution in [1.29, 1.82) is 0 Å². The first kappa shape index (κ1) is 14.1. The van der Waals surface area contributed by atoms with Crippen molar-refractivity contribution in [3.8, 4) is 0 Å². The van der Waals surface area contributed by atoms with Crippen LogP contribution in [-0.2, 0) is 10.2 Å². The minimum Gasteiger partial charge on any atom is -0.381 e. The van der Waals surface area contributed by atoms with E-state index in [1.165, 1.54) is 31.2 Å². The molecule has 1 heterocycles. The molecular weight excluding hydrogens is 248 g/mol. The standard InChI is InChI=1S/C17H26N2O/c18-19-16(9-8-14-6-7-14)17(10-12-20-13-11-17)15-4-2-1-3-5-15/h1-5,14,16,19H,6-13,18H2. The van der Waals surface area contributed by atoms with Gasteiger partial charge in [-0.3, -0.25) is 11.3 Å². The summed E-state index contributed by atoms with van der Waals surface area (Å²) in [4.78, 5) is 0. The molecule has 0 bridgehead atoms. The summed E-state index contributed by atoms with van der Waals surface area (Å²) < 4.78 is 5.61. The van der Waals surface area contributed by atoms with Crippen LogP contribution < -0.4 is 11.3 Å². The van der Waals surface area contributed by atoms with E-state index in [2.05, 4.69) is 35.8 Å². The smallest absolute Gasteiger partial charge is 0.0475 e. The Balaban J connectivity index is 1.82. The number of hydrazine groups is 1. The van der Waals surface area contributed by atoms with Crippen LogP contribution in [0.5, 0.6) is 0 Å². The first-order valence-corrected chi connectivity index (χ1v) is 7.94. The van der Waals surface area contributed by atoms with Crippen LogP contribution in [0.4, 0.5) is 0 Å². The Morgan fingerprint density at radius 2 is 1.90 bits per heavy atom. The Morgan fingerprint density at radius 1 is 1.20 bits per heavy atom. The number of hydrogen-bond acceptors (Lipinski definition) is 3. The minimum atomic E-state index is 0.142. The van der Waals surface area contributed by atoms with Gasteiger partial charge in [-0.15, -0.1) is 0 Å². The van der Waals surface area contributed by atoms with Gasteiger partial charge < -0.3 is 4.74 Å². The Hall–Kier alpha value is -0.900. The van der Waals surface area contributed by atoms with Gasteiger partial charge in [0, 0.05) is 24.7 Å². The molecule has 1 atom stereocenters. The molecule has 110 valence electrons. The average Bonchev–Trinajstić information content (AvgIpc) is 3.34. The van der Waals surface area contributed by atoms with Crippen molar-refractivity contribution in [2.75, 3.05) is 13.2 Å². The summed E-state index contributed by atoms with van der Waals surface area (Å²) >= 11 is 0. The third kappa shape index (κ3) is 2.90. The van der Waals surface area contributed by atoms with Crippen molar-refractivity contribution < 1.29 is 4.74 Å². The summed E-state index contributed by atoms with van der Waals surface area (Å²) in [5.74, 6) is 6.90. The van der Waals surface area contributed by atoms with Crippen LogP contribution in [0.2, 0.25) is 0 Å². The third-order valence-electron chi connectivity index (χ3n) is 5.16. The molecule has 1 aliphatic heterocycles. The molecule has 0 spiro atoms. The molecule has 2 aliphatic rings. The van der Waals surface area contributed by atoms with Crippen molar-refractivity contribution in [2.24, 2.45) is 11.8 Å². The van der Waals surface area contributed by atoms with E-state index in [-0.39, 0.29) is 5.41 Å². The SMILES string of the molecule is NNC(CCC1CC1)C1(c2ccccc2)CCOCC1. The Kier molecular flexibility index (Phi) is 4.39. The zero-order chi connectivity index (χ0) is 13.8. The number of rotatable bonds is 6. The van der Waals surface area contributed by atoms with Crippen molar-refractivity contribution in [3.63, 3.8) is 0 Å². The largest absolute Gasteiger partial charge is 0.381 e. The van der Waals surface area contributed by atoms with E-state index < -0.39 is 0 Å². The van der Waals surface area contributed by atoms with Crippen LogP contribution in [0, 0.1) is 5.92 Å². The highest BCUT2D eigenvalue weighted by molar-refractivity contribution is 5.28. The van der Waals surface area contributed by atoms with Gasteiger partial charge in [0.05, 0.1) is 0 Å². The fourth-order valence-electron chi connectivity index (χ4n) is 3.67. The molecule has 3 N–H and O–H groups in total. The maximum atomic E-state index is 5.94. The van der Waals surface area contributed by atoms with Gasteiger partial charge in [0.1, 0.15) is 0 Å². The summed E-state index contributed by atoms with van der Waals surface area (Å²) in [6.45, 7) is 1.69. The van der Waals surface area contributed by atoms with Crippen LogP contribution in [0.15, 0.2) is 30.3 Å². The number of hydrogen-bond donors (Lipinski definition) is 2. The first-order valence-electron chi connectivity index (χ1n) is 7.94. The van der Waals surface area contributed by atoms with Gasteiger partial charge in [0.2, 0.25) is 0 Å². The van der Waals surface area contributed by atoms with E-state index in [0.717, 1.165) is 32.0 Å². The van der Waals surface area contributed by atoms with Gasteiger partial charge >= 0.3 is 0 Å². The second-order valence-electron chi connectivity index (χ2n) is 6.37. The van der Waals surface area contributed by atoms with Gasteiger partial charge in [-0.2, -0.15) is 0 Å². The van der Waals surface area contributed by atoms with E-state index in [0.29, 0.717) is 6.04 Å². The number of nitrogens with two attached hydrogens (primary N) is 1. The molecule has 0 aromatic heterocycles. The molecule has 3 nitrogen and oxygen atoms in total. The molecule has 3 rings (SSSR count). The molecule has 20 heavy (non-hydrogen) atoms. The fraction of sp³-hybridized carbons (Fsp3) is 0.647. The summed E-state index contributed by atoms with van der Waals surface area (Å²) in [6, 6.07) is 11.2. The zero-order valence-electron chi connectivity index (χ0n) is 12.2. The molecule has 1 aromatic carbocycles. The highest BCUT2D eigenvalue weighted by Crippen LogP contribution is 2.41. The lowest BCUT2D eigenvalue weighted by Crippen LogP contribution is -2.53. The van der Waals surface area contributed by atoms with Crippen molar-refractivity contribution >= 4 is 0 Å². The van der Waals surface area contributed by atoms with Crippen molar-refractivity contribution in [2.45, 2.75) is 50.0 Å². The minimum absolute atomic E-state index is 0.142. The van der Waals surface area contributed by atoms with Gasteiger partial charge in [0.15, 0.2) is 0 Å². The van der Waals surface area contributed by atoms with E-state index >= 15 is 0 Å². The van der Waals surface area contributed by atoms with Gasteiger partial charge in [-0.1, -0.05) is 43.2 Å². The lowest BCUT2D eigenvalue weighted by atomic mass is 9.67. The van der Waals surface area contributed by atoms with E-state index in [9.17, 15) is 0 Å². The predicted octanol–water partition coefficient (Wildman–Crippen LogP) is 2.76. The molecular formula is C17H26N2O. The normalized spacial score (nSPS) is 23.4. The fourth-order valence-corrected chi connectivity index (χ4v) is 3.67. The predicted molar refractivity (Wildman–Crippen MR) is 81.2 cm³/mol. The van der Waals surface area contributed by atoms with Gasteiger partial charge in [-0.05, 0) is 37.2 Å². The lowest BCUT2D eigenvalue weighted by molar-refractivity contribution is 0.0324. The Bertz CT molecular complexity index is 410. The first-order chi connectivity index (χ1) is 9.85. The molecule has 0 amide bonds. The summed E-state index contributed by atoms with van der Waals surface area (Å²) in [5.41, 5.74) is 4.70. The van der Waals surface area contributed by atoms with E-state index in [4.69, 9.17) is 10.6 Å². The van der Waals surface area contributed by atoms with E-state index in [1.54, 1.807) is 0 Å². The maximum Gasteiger partial charge on any atom is 0.0475 e. The monoisotopic (exact) mass is 274 g/mol. The van der Waals surface area contributed by atoms with Crippen LogP contribution >= 0.6 is 0 Å². The maximum absolute atomic E-state index is 5.94. The van der Waals surface area contributed by atoms with Gasteiger partial charge in [-0.25, -0.2) is 0 Å². The Morgan fingerprint density at radius 3 is 2.50 bits per heavy atom. The van der Waals surface area contributed by atoms with Crippen LogP contribution in [-0.4, -0.2) is 19.3 Å². The zero-order valence-corrected chi connectivity index (χ0v) is 12.2. The molecule has 0 radical (unpaired) electrons. The summed E-state index contributed by atoms with van der Waals surface area (Å²) in [7, 11) is 0. The van der Waals surface area contributed by atoms with Crippen molar-refractivity contribution in [1.82, 2.24) is 5.43 Å². The lowest BCUT2D eigenvalue weighted by Gasteiger charge is -2.44. The number of ether oxygens (including phenoxy) is 1. The second kappa shape index (κ2) is 6.25. The summed E-state index contributed by atoms with van der Waals surface area (Å²) in [6.07, 6.45) is 7.45. The number of benzene rings is 1. The van der Waals surface area contributed by atoms with Crippen molar-refractivity contribution in [3.05, 3.63) is 35.9 Å².